The number of carbonyl (C=O) groups is 1. The fraction of sp³-hybridized carbons (Fsp3) is 0.588. The van der Waals surface area contributed by atoms with Gasteiger partial charge in [-0.25, -0.2) is 0 Å². The number of hydrogen-bond acceptors (Lipinski definition) is 3. The molecule has 0 saturated heterocycles. The molecule has 1 aromatic carbocycles. The Morgan fingerprint density at radius 3 is 2.67 bits per heavy atom. The van der Waals surface area contributed by atoms with Gasteiger partial charge in [0.2, 0.25) is 5.91 Å². The minimum absolute atomic E-state index is 0.0891. The topological polar surface area (TPSA) is 41.6 Å². The summed E-state index contributed by atoms with van der Waals surface area (Å²) in [5, 5.41) is 3.61. The van der Waals surface area contributed by atoms with Crippen molar-refractivity contribution in [2.45, 2.75) is 51.3 Å². The fourth-order valence-electron chi connectivity index (χ4n) is 2.82. The monoisotopic (exact) mass is 290 g/mol. The zero-order valence-electron chi connectivity index (χ0n) is 13.3. The maximum absolute atomic E-state index is 11.3. The zero-order valence-corrected chi connectivity index (χ0v) is 13.3. The van der Waals surface area contributed by atoms with E-state index >= 15 is 0 Å². The van der Waals surface area contributed by atoms with E-state index in [1.807, 2.05) is 13.1 Å². The number of methoxy groups -OCH3 is 1. The van der Waals surface area contributed by atoms with Crippen molar-refractivity contribution in [3.05, 3.63) is 29.8 Å². The summed E-state index contributed by atoms with van der Waals surface area (Å²) in [6.07, 6.45) is 4.98. The molecule has 1 amide bonds. The van der Waals surface area contributed by atoms with Gasteiger partial charge in [0.05, 0.1) is 6.10 Å². The molecule has 0 radical (unpaired) electrons. The summed E-state index contributed by atoms with van der Waals surface area (Å²) in [5.74, 6) is 0.0891. The van der Waals surface area contributed by atoms with E-state index in [4.69, 9.17) is 4.74 Å². The molecule has 1 N–H and O–H groups in total. The van der Waals surface area contributed by atoms with Gasteiger partial charge in [0.1, 0.15) is 0 Å². The highest BCUT2D eigenvalue weighted by Crippen LogP contribution is 2.24. The highest BCUT2D eigenvalue weighted by atomic mass is 16.5. The Bertz CT molecular complexity index is 468. The molecule has 116 valence electrons. The molecule has 4 nitrogen and oxygen atoms in total. The SMILES string of the molecule is COC1CCC(Nc2cccc(CN(C)C(C)=O)c2)CC1. The number of nitrogens with zero attached hydrogens (tertiary/aromatic N) is 1. The number of benzene rings is 1. The van der Waals surface area contributed by atoms with Crippen molar-refractivity contribution in [1.82, 2.24) is 4.90 Å². The van der Waals surface area contributed by atoms with Crippen LogP contribution in [-0.2, 0) is 16.1 Å². The van der Waals surface area contributed by atoms with E-state index in [-0.39, 0.29) is 5.91 Å². The summed E-state index contributed by atoms with van der Waals surface area (Å²) in [4.78, 5) is 13.0. The molecule has 0 unspecified atom stereocenters. The molecule has 4 heteroatoms. The number of ether oxygens (including phenoxy) is 1. The van der Waals surface area contributed by atoms with E-state index in [0.717, 1.165) is 36.9 Å². The molecule has 0 spiro atoms. The summed E-state index contributed by atoms with van der Waals surface area (Å²) in [6, 6.07) is 8.87. The van der Waals surface area contributed by atoms with Crippen LogP contribution in [0.2, 0.25) is 0 Å². The minimum atomic E-state index is 0.0891. The van der Waals surface area contributed by atoms with Crippen molar-refractivity contribution in [2.24, 2.45) is 0 Å². The molecule has 0 heterocycles. The van der Waals surface area contributed by atoms with Crippen LogP contribution in [0.1, 0.15) is 38.2 Å². The van der Waals surface area contributed by atoms with Crippen LogP contribution in [0.25, 0.3) is 0 Å². The number of nitrogens with one attached hydrogen (secondary N) is 1. The van der Waals surface area contributed by atoms with Gasteiger partial charge in [-0.15, -0.1) is 0 Å². The summed E-state index contributed by atoms with van der Waals surface area (Å²) in [7, 11) is 3.63. The third kappa shape index (κ3) is 4.74. The Kier molecular flexibility index (Phi) is 5.62. The average molecular weight is 290 g/mol. The van der Waals surface area contributed by atoms with Gasteiger partial charge in [-0.3, -0.25) is 4.79 Å². The van der Waals surface area contributed by atoms with Crippen LogP contribution in [0.3, 0.4) is 0 Å². The van der Waals surface area contributed by atoms with E-state index in [1.165, 1.54) is 0 Å². The minimum Gasteiger partial charge on any atom is -0.382 e. The average Bonchev–Trinajstić information content (AvgIpc) is 2.48. The van der Waals surface area contributed by atoms with Crippen molar-refractivity contribution in [2.75, 3.05) is 19.5 Å². The molecule has 0 aliphatic heterocycles. The number of rotatable bonds is 5. The first-order chi connectivity index (χ1) is 10.1. The first-order valence-electron chi connectivity index (χ1n) is 7.68. The normalized spacial score (nSPS) is 21.9. The van der Waals surface area contributed by atoms with Crippen LogP contribution in [0.5, 0.6) is 0 Å². The van der Waals surface area contributed by atoms with Gasteiger partial charge in [0.25, 0.3) is 0 Å². The van der Waals surface area contributed by atoms with Gasteiger partial charge in [-0.1, -0.05) is 12.1 Å². The lowest BCUT2D eigenvalue weighted by Gasteiger charge is -2.29. The molecule has 1 aliphatic rings. The standard InChI is InChI=1S/C17H26N2O2/c1-13(20)19(2)12-14-5-4-6-16(11-14)18-15-7-9-17(21-3)10-8-15/h4-6,11,15,17-18H,7-10,12H2,1-3H3. The van der Waals surface area contributed by atoms with Gasteiger partial charge in [-0.2, -0.15) is 0 Å². The van der Waals surface area contributed by atoms with Crippen molar-refractivity contribution in [1.29, 1.82) is 0 Å². The second-order valence-corrected chi connectivity index (χ2v) is 5.93. The molecule has 0 bridgehead atoms. The van der Waals surface area contributed by atoms with Crippen LogP contribution in [-0.4, -0.2) is 37.1 Å². The van der Waals surface area contributed by atoms with Crippen LogP contribution < -0.4 is 5.32 Å². The van der Waals surface area contributed by atoms with Crippen LogP contribution in [0.15, 0.2) is 24.3 Å². The summed E-state index contributed by atoms with van der Waals surface area (Å²) >= 11 is 0. The highest BCUT2D eigenvalue weighted by Gasteiger charge is 2.20. The van der Waals surface area contributed by atoms with E-state index < -0.39 is 0 Å². The molecule has 1 saturated carbocycles. The molecule has 1 aromatic rings. The largest absolute Gasteiger partial charge is 0.382 e. The smallest absolute Gasteiger partial charge is 0.219 e. The van der Waals surface area contributed by atoms with E-state index in [9.17, 15) is 4.79 Å². The van der Waals surface area contributed by atoms with Crippen molar-refractivity contribution < 1.29 is 9.53 Å². The van der Waals surface area contributed by atoms with Gasteiger partial charge in [-0.05, 0) is 43.4 Å². The fourth-order valence-corrected chi connectivity index (χ4v) is 2.82. The molecule has 1 aliphatic carbocycles. The first kappa shape index (κ1) is 15.8. The molecule has 21 heavy (non-hydrogen) atoms. The quantitative estimate of drug-likeness (QED) is 0.906. The summed E-state index contributed by atoms with van der Waals surface area (Å²) in [6.45, 7) is 2.25. The van der Waals surface area contributed by atoms with E-state index in [2.05, 4.69) is 23.5 Å². The molecular formula is C17H26N2O2. The van der Waals surface area contributed by atoms with Crippen LogP contribution in [0, 0.1) is 0 Å². The van der Waals surface area contributed by atoms with Crippen molar-refractivity contribution >= 4 is 11.6 Å². The predicted molar refractivity (Wildman–Crippen MR) is 85.3 cm³/mol. The first-order valence-corrected chi connectivity index (χ1v) is 7.68. The highest BCUT2D eigenvalue weighted by molar-refractivity contribution is 5.72. The Labute approximate surface area is 127 Å². The Balaban J connectivity index is 1.91. The van der Waals surface area contributed by atoms with Gasteiger partial charge in [0.15, 0.2) is 0 Å². The third-order valence-corrected chi connectivity index (χ3v) is 4.26. The van der Waals surface area contributed by atoms with E-state index in [0.29, 0.717) is 18.7 Å². The van der Waals surface area contributed by atoms with Crippen molar-refractivity contribution in [3.8, 4) is 0 Å². The predicted octanol–water partition coefficient (Wildman–Crippen LogP) is 3.03. The van der Waals surface area contributed by atoms with Crippen LogP contribution in [0.4, 0.5) is 5.69 Å². The lowest BCUT2D eigenvalue weighted by molar-refractivity contribution is -0.128. The molecular weight excluding hydrogens is 264 g/mol. The van der Waals surface area contributed by atoms with Gasteiger partial charge >= 0.3 is 0 Å². The molecule has 0 atom stereocenters. The number of carbonyl (C=O) groups excluding carboxylic acids is 1. The van der Waals surface area contributed by atoms with Gasteiger partial charge in [0, 0.05) is 39.4 Å². The second kappa shape index (κ2) is 7.46. The Morgan fingerprint density at radius 1 is 1.33 bits per heavy atom. The number of anilines is 1. The van der Waals surface area contributed by atoms with Crippen LogP contribution >= 0.6 is 0 Å². The van der Waals surface area contributed by atoms with Crippen molar-refractivity contribution in [3.63, 3.8) is 0 Å². The summed E-state index contributed by atoms with van der Waals surface area (Å²) < 4.78 is 5.41. The zero-order chi connectivity index (χ0) is 15.2. The third-order valence-electron chi connectivity index (χ3n) is 4.26. The lowest BCUT2D eigenvalue weighted by Crippen LogP contribution is -2.29. The number of hydrogen-bond donors (Lipinski definition) is 1. The number of amides is 1. The molecule has 2 rings (SSSR count). The molecule has 0 aromatic heterocycles. The maximum Gasteiger partial charge on any atom is 0.219 e. The Hall–Kier alpha value is -1.55. The summed E-state index contributed by atoms with van der Waals surface area (Å²) in [5.41, 5.74) is 2.30. The lowest BCUT2D eigenvalue weighted by atomic mass is 9.93. The Morgan fingerprint density at radius 2 is 2.05 bits per heavy atom. The van der Waals surface area contributed by atoms with Gasteiger partial charge < -0.3 is 15.0 Å². The second-order valence-electron chi connectivity index (χ2n) is 5.93. The maximum atomic E-state index is 11.3. The molecule has 1 fully saturated rings. The van der Waals surface area contributed by atoms with E-state index in [1.54, 1.807) is 18.9 Å².